The van der Waals surface area contributed by atoms with E-state index in [1.54, 1.807) is 75.4 Å². The molecule has 0 unspecified atom stereocenters. The Hall–Kier alpha value is -4.69. The number of ether oxygens (including phenoxy) is 2. The quantitative estimate of drug-likeness (QED) is 0.339. The largest absolute Gasteiger partial charge is 0.466 e. The third kappa shape index (κ3) is 4.49. The molecule has 1 aliphatic heterocycles. The van der Waals surface area contributed by atoms with E-state index in [2.05, 4.69) is 6.58 Å². The minimum absolute atomic E-state index is 0.213. The zero-order valence-electron chi connectivity index (χ0n) is 20.5. The van der Waals surface area contributed by atoms with Gasteiger partial charge < -0.3 is 9.47 Å². The molecule has 182 valence electrons. The van der Waals surface area contributed by atoms with Crippen molar-refractivity contribution in [1.29, 1.82) is 10.5 Å². The first-order chi connectivity index (χ1) is 17.0. The molecule has 0 N–H and O–H groups in total. The van der Waals surface area contributed by atoms with Crippen LogP contribution in [-0.2, 0) is 24.5 Å². The molecule has 1 heterocycles. The summed E-state index contributed by atoms with van der Waals surface area (Å²) in [6, 6.07) is 18.8. The number of esters is 1. The van der Waals surface area contributed by atoms with E-state index >= 15 is 0 Å². The fourth-order valence-electron chi connectivity index (χ4n) is 4.20. The second-order valence-corrected chi connectivity index (χ2v) is 9.13. The molecule has 0 saturated heterocycles. The molecule has 1 aliphatic rings. The van der Waals surface area contributed by atoms with Gasteiger partial charge in [0.1, 0.15) is 28.7 Å². The first-order valence-electron chi connectivity index (χ1n) is 11.0. The van der Waals surface area contributed by atoms with Gasteiger partial charge in [0.05, 0.1) is 18.4 Å². The zero-order chi connectivity index (χ0) is 26.7. The van der Waals surface area contributed by atoms with Crippen LogP contribution in [0.5, 0.6) is 0 Å². The molecule has 0 radical (unpaired) electrons. The topological polar surface area (TPSA) is 120 Å². The summed E-state index contributed by atoms with van der Waals surface area (Å²) in [5, 5.41) is 19.4. The van der Waals surface area contributed by atoms with Crippen LogP contribution in [0.3, 0.4) is 0 Å². The lowest BCUT2D eigenvalue weighted by atomic mass is 9.69. The van der Waals surface area contributed by atoms with E-state index < -0.39 is 29.0 Å². The number of benzene rings is 2. The smallest absolute Gasteiger partial charge is 0.421 e. The van der Waals surface area contributed by atoms with Crippen LogP contribution in [0, 0.1) is 22.7 Å². The maximum absolute atomic E-state index is 14.2. The van der Waals surface area contributed by atoms with Crippen LogP contribution in [0.25, 0.3) is 5.57 Å². The normalized spacial score (nSPS) is 16.3. The number of hydrogen-bond donors (Lipinski definition) is 0. The number of anilines is 1. The molecule has 0 fully saturated rings. The molecule has 0 aliphatic carbocycles. The van der Waals surface area contributed by atoms with Crippen molar-refractivity contribution in [3.63, 3.8) is 0 Å². The molecule has 0 spiro atoms. The van der Waals surface area contributed by atoms with E-state index in [9.17, 15) is 24.9 Å². The van der Waals surface area contributed by atoms with Crippen LogP contribution < -0.4 is 4.90 Å². The Labute approximate surface area is 209 Å². The lowest BCUT2D eigenvalue weighted by molar-refractivity contribution is -0.138. The number of allylic oxidation sites excluding steroid dienone is 2. The van der Waals surface area contributed by atoms with Gasteiger partial charge in [-0.05, 0) is 50.0 Å². The molecule has 2 amide bonds. The number of fused-ring (bicyclic) bond motifs is 1. The van der Waals surface area contributed by atoms with Crippen LogP contribution in [-0.4, -0.2) is 30.7 Å². The number of imide groups is 1. The lowest BCUT2D eigenvalue weighted by Crippen LogP contribution is -2.47. The van der Waals surface area contributed by atoms with Gasteiger partial charge >= 0.3 is 12.1 Å². The first-order valence-corrected chi connectivity index (χ1v) is 11.0. The van der Waals surface area contributed by atoms with E-state index in [0.29, 0.717) is 11.1 Å². The van der Waals surface area contributed by atoms with Crippen molar-refractivity contribution in [1.82, 2.24) is 0 Å². The highest BCUT2D eigenvalue weighted by Crippen LogP contribution is 2.51. The Balaban J connectivity index is 2.34. The fraction of sp³-hybridized carbons (Fsp3) is 0.250. The summed E-state index contributed by atoms with van der Waals surface area (Å²) < 4.78 is 10.4. The zero-order valence-corrected chi connectivity index (χ0v) is 20.5. The SMILES string of the molecule is C=C(C(=O)OC)[C@]1(CC(=C(C#N)C#N)c2ccccc2)C(=O)N(C(=O)OC(C)(C)C)c2ccccc21. The van der Waals surface area contributed by atoms with E-state index in [4.69, 9.17) is 9.47 Å². The van der Waals surface area contributed by atoms with Gasteiger partial charge in [-0.25, -0.2) is 14.5 Å². The molecule has 0 saturated carbocycles. The summed E-state index contributed by atoms with van der Waals surface area (Å²) >= 11 is 0. The van der Waals surface area contributed by atoms with Crippen molar-refractivity contribution in [2.45, 2.75) is 38.2 Å². The van der Waals surface area contributed by atoms with E-state index in [0.717, 1.165) is 12.0 Å². The van der Waals surface area contributed by atoms with Gasteiger partial charge in [0.15, 0.2) is 0 Å². The predicted octanol–water partition coefficient (Wildman–Crippen LogP) is 4.83. The fourth-order valence-corrected chi connectivity index (χ4v) is 4.20. The van der Waals surface area contributed by atoms with Crippen molar-refractivity contribution in [2.24, 2.45) is 0 Å². The van der Waals surface area contributed by atoms with Crippen LogP contribution in [0.4, 0.5) is 10.5 Å². The molecular formula is C28H25N3O5. The molecule has 8 nitrogen and oxygen atoms in total. The van der Waals surface area contributed by atoms with Crippen molar-refractivity contribution in [3.8, 4) is 12.1 Å². The van der Waals surface area contributed by atoms with Crippen molar-refractivity contribution >= 4 is 29.2 Å². The standard InChI is InChI=1S/C28H25N3O5/c1-18(24(32)35-5)28(15-21(20(16-29)17-30)19-11-7-6-8-12-19)22-13-9-10-14-23(22)31(25(28)33)26(34)36-27(2,3)4/h6-14H,1,15H2,2-5H3/t28-/m0/s1. The summed E-state index contributed by atoms with van der Waals surface area (Å²) in [5.74, 6) is -1.66. The molecule has 2 aromatic carbocycles. The van der Waals surface area contributed by atoms with Gasteiger partial charge in [-0.3, -0.25) is 4.79 Å². The first kappa shape index (κ1) is 25.9. The van der Waals surface area contributed by atoms with Gasteiger partial charge in [0.25, 0.3) is 5.91 Å². The summed E-state index contributed by atoms with van der Waals surface area (Å²) in [4.78, 5) is 41.1. The Morgan fingerprint density at radius 3 is 2.17 bits per heavy atom. The summed E-state index contributed by atoms with van der Waals surface area (Å²) in [6.07, 6.45) is -1.22. The second kappa shape index (κ2) is 9.89. The minimum Gasteiger partial charge on any atom is -0.466 e. The van der Waals surface area contributed by atoms with Gasteiger partial charge in [0.2, 0.25) is 0 Å². The maximum atomic E-state index is 14.2. The van der Waals surface area contributed by atoms with Gasteiger partial charge in [-0.1, -0.05) is 55.1 Å². The van der Waals surface area contributed by atoms with Gasteiger partial charge in [0, 0.05) is 0 Å². The summed E-state index contributed by atoms with van der Waals surface area (Å²) in [7, 11) is 1.15. The van der Waals surface area contributed by atoms with E-state index in [1.165, 1.54) is 0 Å². The van der Waals surface area contributed by atoms with Crippen molar-refractivity contribution < 1.29 is 23.9 Å². The number of nitrogens with zero attached hydrogens (tertiary/aromatic N) is 3. The van der Waals surface area contributed by atoms with Crippen LogP contribution in [0.1, 0.15) is 38.3 Å². The number of rotatable bonds is 5. The number of hydrogen-bond acceptors (Lipinski definition) is 7. The highest BCUT2D eigenvalue weighted by molar-refractivity contribution is 6.25. The van der Waals surface area contributed by atoms with E-state index in [-0.39, 0.29) is 28.8 Å². The number of carbonyl (C=O) groups excluding carboxylic acids is 3. The van der Waals surface area contributed by atoms with Gasteiger partial charge in [-0.2, -0.15) is 10.5 Å². The van der Waals surface area contributed by atoms with Crippen molar-refractivity contribution in [3.05, 3.63) is 83.4 Å². The second-order valence-electron chi connectivity index (χ2n) is 9.13. The monoisotopic (exact) mass is 483 g/mol. The molecule has 0 aromatic heterocycles. The Bertz CT molecular complexity index is 1340. The lowest BCUT2D eigenvalue weighted by Gasteiger charge is -2.31. The molecule has 0 bridgehead atoms. The molecule has 2 aromatic rings. The number of methoxy groups -OCH3 is 1. The number of nitriles is 2. The Morgan fingerprint density at radius 2 is 1.61 bits per heavy atom. The van der Waals surface area contributed by atoms with Crippen LogP contribution in [0.15, 0.2) is 72.3 Å². The van der Waals surface area contributed by atoms with E-state index in [1.807, 2.05) is 12.1 Å². The summed E-state index contributed by atoms with van der Waals surface area (Å²) in [5.41, 5.74) is -1.97. The molecule has 1 atom stereocenters. The highest BCUT2D eigenvalue weighted by atomic mass is 16.6. The van der Waals surface area contributed by atoms with Crippen molar-refractivity contribution in [2.75, 3.05) is 12.0 Å². The number of para-hydroxylation sites is 1. The maximum Gasteiger partial charge on any atom is 0.421 e. The number of amides is 2. The molecule has 36 heavy (non-hydrogen) atoms. The molecule has 3 rings (SSSR count). The number of carbonyl (C=O) groups is 3. The minimum atomic E-state index is -1.84. The highest BCUT2D eigenvalue weighted by Gasteiger charge is 2.57. The Morgan fingerprint density at radius 1 is 1.03 bits per heavy atom. The average Bonchev–Trinajstić information content (AvgIpc) is 3.11. The summed E-state index contributed by atoms with van der Waals surface area (Å²) in [6.45, 7) is 8.89. The van der Waals surface area contributed by atoms with Crippen LogP contribution in [0.2, 0.25) is 0 Å². The third-order valence-electron chi connectivity index (χ3n) is 5.79. The predicted molar refractivity (Wildman–Crippen MR) is 132 cm³/mol. The van der Waals surface area contributed by atoms with Gasteiger partial charge in [-0.15, -0.1) is 0 Å². The third-order valence-corrected chi connectivity index (χ3v) is 5.79. The molecule has 8 heteroatoms. The Kier molecular flexibility index (Phi) is 7.12. The average molecular weight is 484 g/mol. The van der Waals surface area contributed by atoms with Crippen LogP contribution >= 0.6 is 0 Å². The molecular weight excluding hydrogens is 458 g/mol.